The highest BCUT2D eigenvalue weighted by molar-refractivity contribution is 5.72. The molecular formula is C24H45NO9. The first-order valence-corrected chi connectivity index (χ1v) is 12.2. The second-order valence-electron chi connectivity index (χ2n) is 10.7. The molecule has 0 radical (unpaired) electrons. The molecule has 5 unspecified atom stereocenters. The average molecular weight is 492 g/mol. The van der Waals surface area contributed by atoms with Crippen molar-refractivity contribution in [3.63, 3.8) is 0 Å². The van der Waals surface area contributed by atoms with Crippen molar-refractivity contribution >= 4 is 5.97 Å². The third-order valence-electron chi connectivity index (χ3n) is 7.27. The molecule has 34 heavy (non-hydrogen) atoms. The van der Waals surface area contributed by atoms with Crippen LogP contribution >= 0.6 is 0 Å². The maximum absolute atomic E-state index is 12.9. The van der Waals surface area contributed by atoms with Gasteiger partial charge in [0.2, 0.25) is 0 Å². The van der Waals surface area contributed by atoms with Crippen molar-refractivity contribution < 1.29 is 44.2 Å². The Labute approximate surface area is 203 Å². The Kier molecular flexibility index (Phi) is 10.3. The first-order chi connectivity index (χ1) is 15.7. The van der Waals surface area contributed by atoms with E-state index < -0.39 is 60.0 Å². The second-order valence-corrected chi connectivity index (χ2v) is 10.7. The molecule has 0 amide bonds. The molecule has 2 rings (SSSR count). The van der Waals surface area contributed by atoms with Crippen molar-refractivity contribution in [2.24, 2.45) is 11.8 Å². The van der Waals surface area contributed by atoms with Crippen LogP contribution in [0.2, 0.25) is 0 Å². The van der Waals surface area contributed by atoms with Crippen LogP contribution in [0.1, 0.15) is 60.3 Å². The van der Waals surface area contributed by atoms with Crippen LogP contribution in [0.4, 0.5) is 0 Å². The first-order valence-electron chi connectivity index (χ1n) is 12.2. The van der Waals surface area contributed by atoms with Gasteiger partial charge in [-0.2, -0.15) is 0 Å². The van der Waals surface area contributed by atoms with Gasteiger partial charge in [-0.1, -0.05) is 6.92 Å². The third kappa shape index (κ3) is 7.33. The summed E-state index contributed by atoms with van der Waals surface area (Å²) in [6.07, 6.45) is -3.05. The fourth-order valence-electron chi connectivity index (χ4n) is 4.88. The van der Waals surface area contributed by atoms with Gasteiger partial charge in [0.25, 0.3) is 0 Å². The molecule has 2 aliphatic rings. The minimum atomic E-state index is -1.68. The van der Waals surface area contributed by atoms with E-state index in [1.807, 2.05) is 6.92 Å². The highest BCUT2D eigenvalue weighted by atomic mass is 16.7. The van der Waals surface area contributed by atoms with Gasteiger partial charge in [0, 0.05) is 20.1 Å². The standard InChI is InChI=1S/C24H45NO9/c1-14-10-17(26)8-9-18(34-19-11-24(5,31-7)20(27)16(3)33-19)15(2)21(28)32-13-23(4,30)22(29)25(6)12-14/h14-20,22,26-27,29-30H,8-13H2,1-7H3/t14-,15?,16?,17?,18+,19+,20+,22?,23-,24?/m1/s1. The van der Waals surface area contributed by atoms with E-state index >= 15 is 0 Å². The molecule has 0 saturated carbocycles. The van der Waals surface area contributed by atoms with E-state index in [1.54, 1.807) is 32.7 Å². The molecule has 200 valence electrons. The Morgan fingerprint density at radius 3 is 2.38 bits per heavy atom. The van der Waals surface area contributed by atoms with Gasteiger partial charge < -0.3 is 39.4 Å². The van der Waals surface area contributed by atoms with Crippen LogP contribution in [0.15, 0.2) is 0 Å². The topological polar surface area (TPSA) is 138 Å². The number of carbonyl (C=O) groups excluding carboxylic acids is 1. The number of hydrogen-bond donors (Lipinski definition) is 4. The van der Waals surface area contributed by atoms with Gasteiger partial charge in [-0.25, -0.2) is 0 Å². The van der Waals surface area contributed by atoms with Crippen molar-refractivity contribution in [3.05, 3.63) is 0 Å². The predicted molar refractivity (Wildman–Crippen MR) is 124 cm³/mol. The molecular weight excluding hydrogens is 446 g/mol. The Morgan fingerprint density at radius 2 is 1.76 bits per heavy atom. The molecule has 0 aliphatic carbocycles. The number of ether oxygens (including phenoxy) is 4. The smallest absolute Gasteiger partial charge is 0.311 e. The lowest BCUT2D eigenvalue weighted by molar-refractivity contribution is -0.292. The summed E-state index contributed by atoms with van der Waals surface area (Å²) in [5.41, 5.74) is -2.55. The lowest BCUT2D eigenvalue weighted by atomic mass is 9.88. The van der Waals surface area contributed by atoms with Gasteiger partial charge in [0.1, 0.15) is 24.5 Å². The fourth-order valence-corrected chi connectivity index (χ4v) is 4.88. The number of carbonyl (C=O) groups is 1. The van der Waals surface area contributed by atoms with Crippen molar-refractivity contribution in [1.29, 1.82) is 0 Å². The van der Waals surface area contributed by atoms with Gasteiger partial charge in [0.15, 0.2) is 6.29 Å². The lowest BCUT2D eigenvalue weighted by Gasteiger charge is -2.45. The maximum atomic E-state index is 12.9. The zero-order valence-corrected chi connectivity index (χ0v) is 21.6. The van der Waals surface area contributed by atoms with Crippen molar-refractivity contribution in [3.8, 4) is 0 Å². The summed E-state index contributed by atoms with van der Waals surface area (Å²) >= 11 is 0. The van der Waals surface area contributed by atoms with Crippen molar-refractivity contribution in [2.45, 2.75) is 108 Å². The zero-order valence-electron chi connectivity index (χ0n) is 21.6. The summed E-state index contributed by atoms with van der Waals surface area (Å²) < 4.78 is 23.0. The van der Waals surface area contributed by atoms with Gasteiger partial charge in [-0.3, -0.25) is 9.69 Å². The summed E-state index contributed by atoms with van der Waals surface area (Å²) in [5, 5.41) is 42.4. The fraction of sp³-hybridized carbons (Fsp3) is 0.958. The highest BCUT2D eigenvalue weighted by Crippen LogP contribution is 2.34. The van der Waals surface area contributed by atoms with Crippen LogP contribution in [0.25, 0.3) is 0 Å². The molecule has 10 heteroatoms. The third-order valence-corrected chi connectivity index (χ3v) is 7.27. The molecule has 2 aliphatic heterocycles. The summed E-state index contributed by atoms with van der Waals surface area (Å²) in [6.45, 7) is 8.64. The van der Waals surface area contributed by atoms with E-state index in [0.29, 0.717) is 25.8 Å². The van der Waals surface area contributed by atoms with E-state index in [1.165, 1.54) is 14.0 Å². The SMILES string of the molecule is COC1(C)C[C@H](O[C@H]2CCC(O)C[C@@H](C)CN(C)C(O)[C@](C)(O)COC(=O)C2C)OC(C)[C@@H]1O. The van der Waals surface area contributed by atoms with Crippen LogP contribution in [0.3, 0.4) is 0 Å². The Morgan fingerprint density at radius 1 is 1.12 bits per heavy atom. The minimum absolute atomic E-state index is 0.0548. The Hall–Kier alpha value is -0.850. The number of likely N-dealkylation sites (N-methyl/N-ethyl adjacent to an activating group) is 1. The number of methoxy groups -OCH3 is 1. The van der Waals surface area contributed by atoms with Crippen LogP contribution < -0.4 is 0 Å². The monoisotopic (exact) mass is 491 g/mol. The van der Waals surface area contributed by atoms with Gasteiger partial charge in [0.05, 0.1) is 29.8 Å². The average Bonchev–Trinajstić information content (AvgIpc) is 2.76. The summed E-state index contributed by atoms with van der Waals surface area (Å²) in [7, 11) is 3.20. The van der Waals surface area contributed by atoms with E-state index in [9.17, 15) is 25.2 Å². The summed E-state index contributed by atoms with van der Waals surface area (Å²) in [6, 6.07) is 0. The molecule has 0 aromatic heterocycles. The molecule has 0 bridgehead atoms. The van der Waals surface area contributed by atoms with E-state index in [0.717, 1.165) is 0 Å². The number of aliphatic hydroxyl groups is 4. The van der Waals surface area contributed by atoms with Crippen molar-refractivity contribution in [2.75, 3.05) is 27.3 Å². The zero-order chi connectivity index (χ0) is 25.8. The number of hydrogen-bond acceptors (Lipinski definition) is 10. The number of aliphatic hydroxyl groups excluding tert-OH is 3. The molecule has 4 N–H and O–H groups in total. The van der Waals surface area contributed by atoms with E-state index in [-0.39, 0.29) is 18.9 Å². The Bertz CT molecular complexity index is 662. The van der Waals surface area contributed by atoms with E-state index in [2.05, 4.69) is 0 Å². The maximum Gasteiger partial charge on any atom is 0.311 e. The molecule has 0 spiro atoms. The number of esters is 1. The molecule has 2 saturated heterocycles. The molecule has 10 atom stereocenters. The summed E-state index contributed by atoms with van der Waals surface area (Å²) in [4.78, 5) is 14.5. The number of cyclic esters (lactones) is 1. The van der Waals surface area contributed by atoms with Crippen LogP contribution in [-0.4, -0.2) is 107 Å². The molecule has 2 fully saturated rings. The second kappa shape index (κ2) is 11.9. The molecule has 0 aromatic rings. The number of nitrogens with zero attached hydrogens (tertiary/aromatic N) is 1. The predicted octanol–water partition coefficient (Wildman–Crippen LogP) is 0.634. The minimum Gasteiger partial charge on any atom is -0.462 e. The molecule has 10 nitrogen and oxygen atoms in total. The highest BCUT2D eigenvalue weighted by Gasteiger charge is 2.46. The lowest BCUT2D eigenvalue weighted by Crippen LogP contribution is -2.57. The van der Waals surface area contributed by atoms with Crippen LogP contribution in [0, 0.1) is 11.8 Å². The van der Waals surface area contributed by atoms with Crippen LogP contribution in [-0.2, 0) is 23.7 Å². The Balaban J connectivity index is 2.21. The largest absolute Gasteiger partial charge is 0.462 e. The summed E-state index contributed by atoms with van der Waals surface area (Å²) in [5.74, 6) is -1.25. The molecule has 0 aromatic carbocycles. The van der Waals surface area contributed by atoms with Gasteiger partial charge >= 0.3 is 5.97 Å². The number of rotatable bonds is 3. The quantitative estimate of drug-likeness (QED) is 0.416. The first kappa shape index (κ1) is 29.4. The normalized spacial score (nSPS) is 46.5. The van der Waals surface area contributed by atoms with Gasteiger partial charge in [-0.05, 0) is 59.9 Å². The van der Waals surface area contributed by atoms with Gasteiger partial charge in [-0.15, -0.1) is 0 Å². The van der Waals surface area contributed by atoms with E-state index in [4.69, 9.17) is 18.9 Å². The van der Waals surface area contributed by atoms with Crippen molar-refractivity contribution in [1.82, 2.24) is 4.90 Å². The van der Waals surface area contributed by atoms with Crippen LogP contribution in [0.5, 0.6) is 0 Å². The molecule has 2 heterocycles.